The second kappa shape index (κ2) is 12.5. The highest BCUT2D eigenvalue weighted by atomic mass is 16.1. The predicted molar refractivity (Wildman–Crippen MR) is 71.7 cm³/mol. The first-order valence-corrected chi connectivity index (χ1v) is 6.93. The number of unbranched alkanes of at least 4 members (excludes halogenated alkanes) is 7. The average Bonchev–Trinajstić information content (AvgIpc) is 2.30. The molecule has 0 amide bonds. The summed E-state index contributed by atoms with van der Waals surface area (Å²) in [5, 5.41) is 0. The summed E-state index contributed by atoms with van der Waals surface area (Å²) in [6.45, 7) is 5.87. The topological polar surface area (TPSA) is 17.1 Å². The van der Waals surface area contributed by atoms with Crippen LogP contribution in [0.5, 0.6) is 0 Å². The number of ketones is 1. The highest BCUT2D eigenvalue weighted by Crippen LogP contribution is 2.10. The van der Waals surface area contributed by atoms with Crippen LogP contribution in [0.4, 0.5) is 0 Å². The molecule has 1 heteroatoms. The van der Waals surface area contributed by atoms with Gasteiger partial charge in [-0.15, -0.1) is 6.58 Å². The maximum absolute atomic E-state index is 11.3. The number of hydrogen-bond donors (Lipinski definition) is 0. The maximum atomic E-state index is 11.3. The van der Waals surface area contributed by atoms with E-state index in [-0.39, 0.29) is 0 Å². The molecule has 0 aliphatic carbocycles. The van der Waals surface area contributed by atoms with E-state index < -0.39 is 0 Å². The van der Waals surface area contributed by atoms with E-state index in [1.807, 2.05) is 6.08 Å². The summed E-state index contributed by atoms with van der Waals surface area (Å²) in [6, 6.07) is 0. The van der Waals surface area contributed by atoms with Crippen molar-refractivity contribution in [1.82, 2.24) is 0 Å². The van der Waals surface area contributed by atoms with E-state index in [0.29, 0.717) is 12.2 Å². The molecule has 16 heavy (non-hydrogen) atoms. The molecule has 0 rings (SSSR count). The summed E-state index contributed by atoms with van der Waals surface area (Å²) < 4.78 is 0. The number of hydrogen-bond acceptors (Lipinski definition) is 1. The van der Waals surface area contributed by atoms with Gasteiger partial charge in [-0.3, -0.25) is 4.79 Å². The molecule has 0 heterocycles. The van der Waals surface area contributed by atoms with E-state index >= 15 is 0 Å². The Morgan fingerprint density at radius 2 is 1.50 bits per heavy atom. The summed E-state index contributed by atoms with van der Waals surface area (Å²) >= 11 is 0. The Labute approximate surface area is 101 Å². The van der Waals surface area contributed by atoms with Gasteiger partial charge in [0, 0.05) is 12.8 Å². The van der Waals surface area contributed by atoms with Crippen LogP contribution in [-0.2, 0) is 4.79 Å². The van der Waals surface area contributed by atoms with Gasteiger partial charge >= 0.3 is 0 Å². The first-order chi connectivity index (χ1) is 7.81. The van der Waals surface area contributed by atoms with Crippen LogP contribution in [0.3, 0.4) is 0 Å². The second-order valence-electron chi connectivity index (χ2n) is 4.59. The summed E-state index contributed by atoms with van der Waals surface area (Å²) in [4.78, 5) is 11.3. The van der Waals surface area contributed by atoms with Gasteiger partial charge in [0.05, 0.1) is 0 Å². The first-order valence-electron chi connectivity index (χ1n) is 6.93. The molecule has 0 aromatic rings. The summed E-state index contributed by atoms with van der Waals surface area (Å²) in [5.74, 6) is 0.408. The molecule has 0 aromatic carbocycles. The van der Waals surface area contributed by atoms with E-state index in [1.54, 1.807) is 0 Å². The molecule has 0 fully saturated rings. The Morgan fingerprint density at radius 3 is 2.06 bits per heavy atom. The summed E-state index contributed by atoms with van der Waals surface area (Å²) in [7, 11) is 0. The minimum absolute atomic E-state index is 0.408. The maximum Gasteiger partial charge on any atom is 0.133 e. The standard InChI is InChI=1S/C15H28O/c1-3-5-7-8-9-10-11-12-14-15(16)13-6-4-2/h4H,2-3,5-14H2,1H3. The quantitative estimate of drug-likeness (QED) is 0.335. The van der Waals surface area contributed by atoms with Gasteiger partial charge in [0.15, 0.2) is 0 Å². The van der Waals surface area contributed by atoms with Crippen LogP contribution in [0.2, 0.25) is 0 Å². The zero-order valence-electron chi connectivity index (χ0n) is 11.0. The van der Waals surface area contributed by atoms with Gasteiger partial charge in [-0.2, -0.15) is 0 Å². The van der Waals surface area contributed by atoms with E-state index in [0.717, 1.165) is 19.3 Å². The lowest BCUT2D eigenvalue weighted by Crippen LogP contribution is -1.96. The first kappa shape index (κ1) is 15.4. The van der Waals surface area contributed by atoms with Gasteiger partial charge < -0.3 is 0 Å². The monoisotopic (exact) mass is 224 g/mol. The molecule has 0 aliphatic heterocycles. The lowest BCUT2D eigenvalue weighted by molar-refractivity contribution is -0.119. The number of carbonyl (C=O) groups excluding carboxylic acids is 1. The molecule has 0 N–H and O–H groups in total. The van der Waals surface area contributed by atoms with Gasteiger partial charge in [-0.1, -0.05) is 57.9 Å². The normalized spacial score (nSPS) is 10.3. The van der Waals surface area contributed by atoms with Crippen LogP contribution in [0.15, 0.2) is 12.7 Å². The Hall–Kier alpha value is -0.590. The third-order valence-electron chi connectivity index (χ3n) is 2.94. The third-order valence-corrected chi connectivity index (χ3v) is 2.94. The molecule has 0 unspecified atom stereocenters. The lowest BCUT2D eigenvalue weighted by Gasteiger charge is -2.01. The van der Waals surface area contributed by atoms with Crippen molar-refractivity contribution >= 4 is 5.78 Å². The Balaban J connectivity index is 3.08. The van der Waals surface area contributed by atoms with Crippen molar-refractivity contribution in [2.45, 2.75) is 77.6 Å². The largest absolute Gasteiger partial charge is 0.300 e. The van der Waals surface area contributed by atoms with E-state index in [9.17, 15) is 4.79 Å². The van der Waals surface area contributed by atoms with Gasteiger partial charge in [-0.05, 0) is 12.8 Å². The zero-order valence-corrected chi connectivity index (χ0v) is 11.0. The zero-order chi connectivity index (χ0) is 12.1. The van der Waals surface area contributed by atoms with Crippen LogP contribution in [0.25, 0.3) is 0 Å². The Kier molecular flexibility index (Phi) is 12.0. The SMILES string of the molecule is C=CCCC(=O)CCCCCCCCCC. The highest BCUT2D eigenvalue weighted by molar-refractivity contribution is 5.78. The van der Waals surface area contributed by atoms with E-state index in [2.05, 4.69) is 13.5 Å². The molecule has 0 aromatic heterocycles. The minimum Gasteiger partial charge on any atom is -0.300 e. The van der Waals surface area contributed by atoms with Gasteiger partial charge in [0.25, 0.3) is 0 Å². The molecule has 0 radical (unpaired) electrons. The van der Waals surface area contributed by atoms with Crippen molar-refractivity contribution in [2.24, 2.45) is 0 Å². The van der Waals surface area contributed by atoms with Crippen molar-refractivity contribution in [3.63, 3.8) is 0 Å². The van der Waals surface area contributed by atoms with Crippen molar-refractivity contribution < 1.29 is 4.79 Å². The van der Waals surface area contributed by atoms with Gasteiger partial charge in [-0.25, -0.2) is 0 Å². The number of rotatable bonds is 12. The molecular weight excluding hydrogens is 196 g/mol. The average molecular weight is 224 g/mol. The third kappa shape index (κ3) is 11.5. The number of Topliss-reactive ketones (excluding diaryl/α,β-unsaturated/α-hetero) is 1. The van der Waals surface area contributed by atoms with Crippen molar-refractivity contribution in [3.05, 3.63) is 12.7 Å². The number of allylic oxidation sites excluding steroid dienone is 1. The lowest BCUT2D eigenvalue weighted by atomic mass is 10.0. The van der Waals surface area contributed by atoms with Crippen molar-refractivity contribution in [3.8, 4) is 0 Å². The van der Waals surface area contributed by atoms with Crippen molar-refractivity contribution in [2.75, 3.05) is 0 Å². The van der Waals surface area contributed by atoms with Crippen molar-refractivity contribution in [1.29, 1.82) is 0 Å². The Bertz CT molecular complexity index is 172. The fourth-order valence-electron chi connectivity index (χ4n) is 1.84. The smallest absolute Gasteiger partial charge is 0.133 e. The molecule has 94 valence electrons. The minimum atomic E-state index is 0.408. The molecule has 0 saturated heterocycles. The summed E-state index contributed by atoms with van der Waals surface area (Å²) in [5.41, 5.74) is 0. The molecule has 0 aliphatic rings. The molecule has 0 bridgehead atoms. The Morgan fingerprint density at radius 1 is 0.938 bits per heavy atom. The summed E-state index contributed by atoms with van der Waals surface area (Å²) in [6.07, 6.45) is 14.6. The van der Waals surface area contributed by atoms with Gasteiger partial charge in [0.1, 0.15) is 5.78 Å². The van der Waals surface area contributed by atoms with Gasteiger partial charge in [0.2, 0.25) is 0 Å². The molecular formula is C15H28O. The van der Waals surface area contributed by atoms with E-state index in [4.69, 9.17) is 0 Å². The molecule has 0 atom stereocenters. The van der Waals surface area contributed by atoms with Crippen LogP contribution >= 0.6 is 0 Å². The number of carbonyl (C=O) groups is 1. The molecule has 0 spiro atoms. The van der Waals surface area contributed by atoms with Crippen LogP contribution < -0.4 is 0 Å². The fraction of sp³-hybridized carbons (Fsp3) is 0.800. The highest BCUT2D eigenvalue weighted by Gasteiger charge is 1.99. The van der Waals surface area contributed by atoms with Crippen LogP contribution in [0.1, 0.15) is 77.6 Å². The van der Waals surface area contributed by atoms with E-state index in [1.165, 1.54) is 44.9 Å². The molecule has 0 saturated carbocycles. The van der Waals surface area contributed by atoms with Crippen LogP contribution in [-0.4, -0.2) is 5.78 Å². The second-order valence-corrected chi connectivity index (χ2v) is 4.59. The van der Waals surface area contributed by atoms with Crippen LogP contribution in [0, 0.1) is 0 Å². The molecule has 1 nitrogen and oxygen atoms in total. The predicted octanol–water partition coefficient (Wildman–Crippen LogP) is 5.05. The fourth-order valence-corrected chi connectivity index (χ4v) is 1.84.